The summed E-state index contributed by atoms with van der Waals surface area (Å²) in [6.07, 6.45) is -0.221. The van der Waals surface area contributed by atoms with Gasteiger partial charge in [0.15, 0.2) is 0 Å². The third-order valence-corrected chi connectivity index (χ3v) is 2.91. The molecule has 80 valence electrons. The van der Waals surface area contributed by atoms with Crippen LogP contribution < -0.4 is 0 Å². The van der Waals surface area contributed by atoms with Crippen LogP contribution in [-0.2, 0) is 6.42 Å². The third-order valence-electron chi connectivity index (χ3n) is 2.91. The minimum atomic E-state index is -0.888. The first-order valence-electron chi connectivity index (χ1n) is 4.91. The zero-order valence-electron chi connectivity index (χ0n) is 8.47. The van der Waals surface area contributed by atoms with Gasteiger partial charge >= 0.3 is 6.09 Å². The molecule has 1 unspecified atom stereocenters. The zero-order valence-corrected chi connectivity index (χ0v) is 8.47. The van der Waals surface area contributed by atoms with E-state index in [2.05, 4.69) is 0 Å². The number of fused-ring (bicyclic) bond motifs is 1. The van der Waals surface area contributed by atoms with Crippen molar-refractivity contribution in [2.24, 2.45) is 0 Å². The number of hydrogen-bond donors (Lipinski definition) is 2. The fourth-order valence-electron chi connectivity index (χ4n) is 2.08. The van der Waals surface area contributed by atoms with E-state index in [0.717, 1.165) is 11.1 Å². The summed E-state index contributed by atoms with van der Waals surface area (Å²) in [6, 6.07) is 4.97. The molecule has 0 aliphatic carbocycles. The molecule has 0 aromatic heterocycles. The maximum atomic E-state index is 10.9. The second-order valence-electron chi connectivity index (χ2n) is 3.79. The second-order valence-corrected chi connectivity index (χ2v) is 3.79. The van der Waals surface area contributed by atoms with Crippen LogP contribution >= 0.6 is 0 Å². The summed E-state index contributed by atoms with van der Waals surface area (Å²) < 4.78 is 0. The highest BCUT2D eigenvalue weighted by Crippen LogP contribution is 2.31. The maximum Gasteiger partial charge on any atom is 0.407 e. The predicted molar refractivity (Wildman–Crippen MR) is 55.0 cm³/mol. The van der Waals surface area contributed by atoms with Crippen molar-refractivity contribution in [1.82, 2.24) is 4.90 Å². The highest BCUT2D eigenvalue weighted by atomic mass is 16.4. The highest BCUT2D eigenvalue weighted by Gasteiger charge is 2.27. The van der Waals surface area contributed by atoms with Crippen LogP contribution in [0.3, 0.4) is 0 Å². The van der Waals surface area contributed by atoms with Crippen molar-refractivity contribution in [3.8, 4) is 5.75 Å². The lowest BCUT2D eigenvalue weighted by Crippen LogP contribution is -2.37. The Morgan fingerprint density at radius 3 is 2.93 bits per heavy atom. The molecule has 1 atom stereocenters. The summed E-state index contributed by atoms with van der Waals surface area (Å²) in [6.45, 7) is 2.36. The van der Waals surface area contributed by atoms with Gasteiger partial charge in [-0.2, -0.15) is 0 Å². The van der Waals surface area contributed by atoms with E-state index in [0.29, 0.717) is 13.0 Å². The van der Waals surface area contributed by atoms with Gasteiger partial charge in [0.2, 0.25) is 0 Å². The van der Waals surface area contributed by atoms with E-state index >= 15 is 0 Å². The monoisotopic (exact) mass is 207 g/mol. The Labute approximate surface area is 87.8 Å². The van der Waals surface area contributed by atoms with Gasteiger partial charge in [-0.05, 0) is 36.6 Å². The molecule has 1 amide bonds. The van der Waals surface area contributed by atoms with E-state index in [1.165, 1.54) is 4.90 Å². The Balaban J connectivity index is 2.38. The molecular formula is C11H13NO3. The number of aromatic hydroxyl groups is 1. The summed E-state index contributed by atoms with van der Waals surface area (Å²) in [5.41, 5.74) is 2.03. The van der Waals surface area contributed by atoms with Crippen molar-refractivity contribution in [2.45, 2.75) is 19.4 Å². The Bertz CT molecular complexity index is 403. The van der Waals surface area contributed by atoms with E-state index in [1.54, 1.807) is 18.2 Å². The van der Waals surface area contributed by atoms with E-state index in [9.17, 15) is 9.90 Å². The second kappa shape index (κ2) is 3.46. The molecule has 0 saturated carbocycles. The number of phenolic OH excluding ortho intramolecular Hbond substituents is 1. The van der Waals surface area contributed by atoms with Crippen LogP contribution in [0, 0.1) is 0 Å². The summed E-state index contributed by atoms with van der Waals surface area (Å²) in [4.78, 5) is 12.3. The van der Waals surface area contributed by atoms with Crippen LogP contribution in [0.2, 0.25) is 0 Å². The first kappa shape index (κ1) is 9.83. The van der Waals surface area contributed by atoms with Crippen molar-refractivity contribution < 1.29 is 15.0 Å². The minimum absolute atomic E-state index is 0.133. The van der Waals surface area contributed by atoms with Gasteiger partial charge in [0.1, 0.15) is 5.75 Å². The van der Waals surface area contributed by atoms with Crippen LogP contribution in [0.25, 0.3) is 0 Å². The number of phenols is 1. The number of benzene rings is 1. The molecule has 15 heavy (non-hydrogen) atoms. The van der Waals surface area contributed by atoms with Gasteiger partial charge in [0.05, 0.1) is 6.04 Å². The Morgan fingerprint density at radius 2 is 2.27 bits per heavy atom. The van der Waals surface area contributed by atoms with E-state index in [1.807, 2.05) is 6.92 Å². The van der Waals surface area contributed by atoms with Crippen molar-refractivity contribution >= 4 is 6.09 Å². The van der Waals surface area contributed by atoms with Crippen LogP contribution in [0.5, 0.6) is 5.75 Å². The number of nitrogens with zero attached hydrogens (tertiary/aromatic N) is 1. The number of carbonyl (C=O) groups is 1. The quantitative estimate of drug-likeness (QED) is 0.683. The molecule has 0 bridgehead atoms. The average Bonchev–Trinajstić information content (AvgIpc) is 2.17. The molecule has 2 rings (SSSR count). The lowest BCUT2D eigenvalue weighted by molar-refractivity contribution is 0.124. The van der Waals surface area contributed by atoms with Gasteiger partial charge in [0.25, 0.3) is 0 Å². The Morgan fingerprint density at radius 1 is 1.53 bits per heavy atom. The van der Waals surface area contributed by atoms with E-state index < -0.39 is 6.09 Å². The first-order valence-corrected chi connectivity index (χ1v) is 4.91. The van der Waals surface area contributed by atoms with Crippen LogP contribution in [0.4, 0.5) is 4.79 Å². The van der Waals surface area contributed by atoms with Crippen molar-refractivity contribution in [3.63, 3.8) is 0 Å². The molecule has 1 heterocycles. The van der Waals surface area contributed by atoms with Gasteiger partial charge in [0, 0.05) is 6.54 Å². The molecule has 1 aliphatic heterocycles. The number of carboxylic acid groups (broad SMARTS) is 1. The molecule has 2 N–H and O–H groups in total. The van der Waals surface area contributed by atoms with Crippen LogP contribution in [0.15, 0.2) is 18.2 Å². The van der Waals surface area contributed by atoms with Gasteiger partial charge in [-0.1, -0.05) is 6.07 Å². The first-order chi connectivity index (χ1) is 7.09. The standard InChI is InChI=1S/C11H13NO3/c1-7-10-3-2-9(13)6-8(10)4-5-12(7)11(14)15/h2-3,6-7,13H,4-5H2,1H3,(H,14,15). The van der Waals surface area contributed by atoms with Gasteiger partial charge in [-0.15, -0.1) is 0 Å². The molecule has 4 heteroatoms. The SMILES string of the molecule is CC1c2ccc(O)cc2CCN1C(=O)O. The Kier molecular flexibility index (Phi) is 2.26. The fraction of sp³-hybridized carbons (Fsp3) is 0.364. The zero-order chi connectivity index (χ0) is 11.0. The maximum absolute atomic E-state index is 10.9. The average molecular weight is 207 g/mol. The van der Waals surface area contributed by atoms with Gasteiger partial charge < -0.3 is 15.1 Å². The minimum Gasteiger partial charge on any atom is -0.508 e. The summed E-state index contributed by atoms with van der Waals surface area (Å²) in [5, 5.41) is 18.3. The van der Waals surface area contributed by atoms with Crippen molar-refractivity contribution in [3.05, 3.63) is 29.3 Å². The number of rotatable bonds is 0. The summed E-state index contributed by atoms with van der Waals surface area (Å²) >= 11 is 0. The molecule has 1 aromatic carbocycles. The molecular weight excluding hydrogens is 194 g/mol. The van der Waals surface area contributed by atoms with Crippen molar-refractivity contribution in [2.75, 3.05) is 6.54 Å². The van der Waals surface area contributed by atoms with Crippen LogP contribution in [-0.4, -0.2) is 27.8 Å². The molecule has 0 radical (unpaired) electrons. The third kappa shape index (κ3) is 1.63. The number of amides is 1. The lowest BCUT2D eigenvalue weighted by atomic mass is 9.94. The largest absolute Gasteiger partial charge is 0.508 e. The molecule has 1 aliphatic rings. The highest BCUT2D eigenvalue weighted by molar-refractivity contribution is 5.66. The topological polar surface area (TPSA) is 60.8 Å². The summed E-state index contributed by atoms with van der Waals surface area (Å²) in [7, 11) is 0. The molecule has 1 aromatic rings. The van der Waals surface area contributed by atoms with E-state index in [-0.39, 0.29) is 11.8 Å². The predicted octanol–water partition coefficient (Wildman–Crippen LogP) is 1.99. The molecule has 4 nitrogen and oxygen atoms in total. The lowest BCUT2D eigenvalue weighted by Gasteiger charge is -2.33. The fourth-order valence-corrected chi connectivity index (χ4v) is 2.08. The van der Waals surface area contributed by atoms with E-state index in [4.69, 9.17) is 5.11 Å². The van der Waals surface area contributed by atoms with Gasteiger partial charge in [-0.25, -0.2) is 4.79 Å². The normalized spacial score (nSPS) is 19.8. The smallest absolute Gasteiger partial charge is 0.407 e. The number of hydrogen-bond acceptors (Lipinski definition) is 2. The molecule has 0 fully saturated rings. The van der Waals surface area contributed by atoms with Crippen molar-refractivity contribution in [1.29, 1.82) is 0 Å². The molecule has 0 spiro atoms. The summed E-state index contributed by atoms with van der Waals surface area (Å²) in [5.74, 6) is 0.240. The van der Waals surface area contributed by atoms with Gasteiger partial charge in [-0.3, -0.25) is 0 Å². The van der Waals surface area contributed by atoms with Crippen LogP contribution in [0.1, 0.15) is 24.1 Å². The Hall–Kier alpha value is -1.71. The molecule has 0 saturated heterocycles.